The Morgan fingerprint density at radius 1 is 1.08 bits per heavy atom. The van der Waals surface area contributed by atoms with E-state index in [1.165, 1.54) is 30.2 Å². The van der Waals surface area contributed by atoms with Crippen LogP contribution in [0.1, 0.15) is 35.2 Å². The number of methoxy groups -OCH3 is 1. The van der Waals surface area contributed by atoms with Crippen molar-refractivity contribution in [2.45, 2.75) is 48.3 Å². The molecule has 0 aliphatic heterocycles. The predicted molar refractivity (Wildman–Crippen MR) is 146 cm³/mol. The van der Waals surface area contributed by atoms with Gasteiger partial charge in [-0.1, -0.05) is 17.7 Å². The molecular formula is C26H21ClF10N6O5S. The van der Waals surface area contributed by atoms with E-state index < -0.39 is 62.4 Å². The third-order valence-corrected chi connectivity index (χ3v) is 9.14. The van der Waals surface area contributed by atoms with E-state index >= 15 is 0 Å². The molecule has 1 aliphatic carbocycles. The zero-order chi connectivity index (χ0) is 37.0. The number of benzene rings is 1. The van der Waals surface area contributed by atoms with Gasteiger partial charge >= 0.3 is 33.6 Å². The summed E-state index contributed by atoms with van der Waals surface area (Å²) in [6.45, 7) is 0.388. The molecular weight excluding hydrogens is 734 g/mol. The number of aromatic nitrogens is 4. The number of ether oxygens (including phenoxy) is 1. The van der Waals surface area contributed by atoms with Gasteiger partial charge in [0, 0.05) is 39.1 Å². The zero-order valence-electron chi connectivity index (χ0n) is 24.7. The molecule has 0 N–H and O–H groups in total. The third-order valence-electron chi connectivity index (χ3n) is 7.28. The quantitative estimate of drug-likeness (QED) is 0.133. The molecule has 49 heavy (non-hydrogen) atoms. The van der Waals surface area contributed by atoms with Crippen molar-refractivity contribution in [3.8, 4) is 28.9 Å². The van der Waals surface area contributed by atoms with Crippen LogP contribution in [-0.2, 0) is 28.1 Å². The minimum absolute atomic E-state index is 0.0283. The maximum absolute atomic E-state index is 14.3. The van der Waals surface area contributed by atoms with Gasteiger partial charge in [0.05, 0.1) is 22.9 Å². The van der Waals surface area contributed by atoms with Crippen molar-refractivity contribution in [1.29, 1.82) is 5.26 Å². The second kappa shape index (κ2) is 12.7. The fourth-order valence-electron chi connectivity index (χ4n) is 4.71. The largest absolute Gasteiger partial charge is 0.450 e. The van der Waals surface area contributed by atoms with E-state index in [-0.39, 0.29) is 39.5 Å². The van der Waals surface area contributed by atoms with Crippen LogP contribution in [0, 0.1) is 11.3 Å². The summed E-state index contributed by atoms with van der Waals surface area (Å²) in [4.78, 5) is 14.9. The third kappa shape index (κ3) is 6.74. The van der Waals surface area contributed by atoms with Crippen molar-refractivity contribution in [2.24, 2.45) is 7.05 Å². The van der Waals surface area contributed by atoms with Gasteiger partial charge in [0.1, 0.15) is 5.54 Å². The Labute approximate surface area is 274 Å². The first-order chi connectivity index (χ1) is 22.5. The number of hydrogen-bond donors (Lipinski definition) is 0. The zero-order valence-corrected chi connectivity index (χ0v) is 26.3. The molecule has 4 rings (SSSR count). The number of alkyl halides is 10. The van der Waals surface area contributed by atoms with Crippen LogP contribution in [0.3, 0.4) is 0 Å². The fraction of sp³-hybridized carbons (Fsp3) is 0.462. The van der Waals surface area contributed by atoms with Crippen molar-refractivity contribution in [3.05, 3.63) is 46.7 Å². The molecule has 11 nitrogen and oxygen atoms in total. The molecule has 0 radical (unpaired) electrons. The summed E-state index contributed by atoms with van der Waals surface area (Å²) in [5.74, 6) is -4.28. The first-order valence-corrected chi connectivity index (χ1v) is 15.2. The molecule has 1 aliphatic rings. The first kappa shape index (κ1) is 37.7. The monoisotopic (exact) mass is 754 g/mol. The van der Waals surface area contributed by atoms with Crippen LogP contribution in [0.15, 0.2) is 30.6 Å². The number of aryl methyl sites for hydroxylation is 1. The number of carbonyl (C=O) groups is 1. The van der Waals surface area contributed by atoms with Crippen LogP contribution in [0.2, 0.25) is 5.02 Å². The Morgan fingerprint density at radius 3 is 2.20 bits per heavy atom. The second-order valence-corrected chi connectivity index (χ2v) is 12.6. The summed E-state index contributed by atoms with van der Waals surface area (Å²) in [5, 5.41) is 9.19. The van der Waals surface area contributed by atoms with Crippen molar-refractivity contribution >= 4 is 27.6 Å². The number of carbonyl (C=O) groups excluding carboxylic acids is 1. The minimum atomic E-state index is -7.63. The Balaban J connectivity index is 1.76. The van der Waals surface area contributed by atoms with Gasteiger partial charge in [0.2, 0.25) is 0 Å². The van der Waals surface area contributed by atoms with Crippen LogP contribution in [-0.4, -0.2) is 81.9 Å². The molecule has 0 saturated heterocycles. The normalized spacial score (nSPS) is 15.2. The van der Waals surface area contributed by atoms with Gasteiger partial charge in [-0.05, 0) is 37.0 Å². The van der Waals surface area contributed by atoms with Gasteiger partial charge in [-0.15, -0.1) is 5.10 Å². The minimum Gasteiger partial charge on any atom is -0.385 e. The molecule has 268 valence electrons. The molecule has 2 aromatic heterocycles. The maximum Gasteiger partial charge on any atom is 0.450 e. The van der Waals surface area contributed by atoms with E-state index in [4.69, 9.17) is 16.3 Å². The van der Waals surface area contributed by atoms with Crippen LogP contribution >= 0.6 is 11.6 Å². The number of amides is 1. The summed E-state index contributed by atoms with van der Waals surface area (Å²) in [6, 6.07) is 5.95. The number of halogens is 11. The molecule has 0 spiro atoms. The van der Waals surface area contributed by atoms with Gasteiger partial charge in [-0.25, -0.2) is 13.8 Å². The Morgan fingerprint density at radius 2 is 1.69 bits per heavy atom. The van der Waals surface area contributed by atoms with Crippen LogP contribution in [0.5, 0.6) is 5.88 Å². The lowest BCUT2D eigenvalue weighted by atomic mass is 10.0. The van der Waals surface area contributed by atoms with E-state index in [1.54, 1.807) is 0 Å². The molecule has 1 aromatic carbocycles. The summed E-state index contributed by atoms with van der Waals surface area (Å²) < 4.78 is 168. The smallest absolute Gasteiger partial charge is 0.385 e. The number of nitrogens with zero attached hydrogens (tertiary/aromatic N) is 6. The molecule has 1 saturated carbocycles. The Kier molecular flexibility index (Phi) is 9.74. The summed E-state index contributed by atoms with van der Waals surface area (Å²) >= 11 is 6.29. The van der Waals surface area contributed by atoms with Crippen LogP contribution in [0.4, 0.5) is 43.9 Å². The highest BCUT2D eigenvalue weighted by molar-refractivity contribution is 7.88. The Bertz CT molecular complexity index is 1880. The highest BCUT2D eigenvalue weighted by atomic mass is 35.5. The molecule has 1 amide bonds. The number of hydrogen-bond acceptors (Lipinski definition) is 8. The van der Waals surface area contributed by atoms with Crippen LogP contribution < -0.4 is 4.18 Å². The highest BCUT2D eigenvalue weighted by Crippen LogP contribution is 2.51. The average Bonchev–Trinajstić information content (AvgIpc) is 3.48. The van der Waals surface area contributed by atoms with Crippen molar-refractivity contribution in [2.75, 3.05) is 20.3 Å². The standard InChI is InChI=1S/C26H21ClF10N6O5S/c1-41-20(18(23(28,29)30)19(40-41)48-49(45,46)24(31,25(32,33)34)26(35,36)37)43-12-15(11-39-43)14-4-5-17(27)16(10-14)21(44)42(8-3-9-47-2)22(13-38)6-7-22/h4-5,10-12H,3,6-9H2,1-2H3. The highest BCUT2D eigenvalue weighted by Gasteiger charge is 2.82. The van der Waals surface area contributed by atoms with Crippen molar-refractivity contribution in [1.82, 2.24) is 24.5 Å². The summed E-state index contributed by atoms with van der Waals surface area (Å²) in [7, 11) is -5.51. The lowest BCUT2D eigenvalue weighted by Gasteiger charge is -2.28. The van der Waals surface area contributed by atoms with Gasteiger partial charge in [-0.2, -0.15) is 58.3 Å². The van der Waals surface area contributed by atoms with Gasteiger partial charge < -0.3 is 13.8 Å². The van der Waals surface area contributed by atoms with Gasteiger partial charge in [-0.3, -0.25) is 4.79 Å². The second-order valence-electron chi connectivity index (χ2n) is 10.6. The molecule has 0 unspecified atom stereocenters. The molecule has 0 bridgehead atoms. The van der Waals surface area contributed by atoms with E-state index in [9.17, 15) is 62.4 Å². The topological polar surface area (TPSA) is 132 Å². The van der Waals surface area contributed by atoms with E-state index in [0.29, 0.717) is 31.0 Å². The molecule has 3 aromatic rings. The molecule has 2 heterocycles. The lowest BCUT2D eigenvalue weighted by molar-refractivity contribution is -0.307. The van der Waals surface area contributed by atoms with E-state index in [1.807, 2.05) is 0 Å². The molecule has 0 atom stereocenters. The van der Waals surface area contributed by atoms with Crippen molar-refractivity contribution < 1.29 is 66.0 Å². The first-order valence-electron chi connectivity index (χ1n) is 13.4. The SMILES string of the molecule is COCCCN(C(=O)c1cc(-c2cnn(-c3c(C(F)(F)F)c(OS(=O)(=O)C(F)(C(F)(F)F)C(F)(F)F)nn3C)c2)ccc1Cl)C1(C#N)CC1. The Hall–Kier alpha value is -4.10. The van der Waals surface area contributed by atoms with Gasteiger partial charge in [0.25, 0.3) is 11.8 Å². The lowest BCUT2D eigenvalue weighted by Crippen LogP contribution is -2.60. The number of rotatable bonds is 11. The van der Waals surface area contributed by atoms with Gasteiger partial charge in [0.15, 0.2) is 11.4 Å². The van der Waals surface area contributed by atoms with E-state index in [2.05, 4.69) is 20.4 Å². The summed E-state index contributed by atoms with van der Waals surface area (Å²) in [6.07, 6.45) is -17.3. The fourth-order valence-corrected chi connectivity index (χ4v) is 5.91. The maximum atomic E-state index is 14.3. The molecule has 1 fully saturated rings. The predicted octanol–water partition coefficient (Wildman–Crippen LogP) is 5.98. The van der Waals surface area contributed by atoms with Crippen molar-refractivity contribution in [3.63, 3.8) is 0 Å². The number of nitriles is 1. The average molecular weight is 755 g/mol. The van der Waals surface area contributed by atoms with E-state index in [0.717, 1.165) is 12.4 Å². The van der Waals surface area contributed by atoms with Crippen LogP contribution in [0.25, 0.3) is 16.9 Å². The molecule has 23 heteroatoms. The summed E-state index contributed by atoms with van der Waals surface area (Å²) in [5.41, 5.74) is -3.43.